The summed E-state index contributed by atoms with van der Waals surface area (Å²) >= 11 is 0. The second-order valence-corrected chi connectivity index (χ2v) is 5.86. The van der Waals surface area contributed by atoms with Crippen molar-refractivity contribution in [2.24, 2.45) is 11.3 Å². The number of aliphatic hydroxyl groups is 1. The number of aliphatic hydroxyl groups excluding tert-OH is 1. The van der Waals surface area contributed by atoms with Crippen LogP contribution in [0.1, 0.15) is 12.8 Å². The first-order valence-corrected chi connectivity index (χ1v) is 6.70. The Morgan fingerprint density at radius 2 is 2.06 bits per heavy atom. The Labute approximate surface area is 109 Å². The molecule has 2 saturated heterocycles. The van der Waals surface area contributed by atoms with Crippen LogP contribution in [-0.4, -0.2) is 74.4 Å². The lowest BCUT2D eigenvalue weighted by atomic mass is 9.85. The van der Waals surface area contributed by atoms with Gasteiger partial charge in [-0.2, -0.15) is 0 Å². The van der Waals surface area contributed by atoms with E-state index in [1.807, 2.05) is 7.05 Å². The van der Waals surface area contributed by atoms with Crippen LogP contribution in [0.3, 0.4) is 0 Å². The standard InChI is InChI=1S/C13H24N2O3/c1-14-5-3-11(4-6-14)7-15(2)12(17)13(8-16)9-18-10-13/h11,16H,3-10H2,1-2H3. The summed E-state index contributed by atoms with van der Waals surface area (Å²) in [5.74, 6) is 0.627. The molecule has 5 heteroatoms. The lowest BCUT2D eigenvalue weighted by Gasteiger charge is -2.42. The van der Waals surface area contributed by atoms with E-state index in [1.54, 1.807) is 4.90 Å². The van der Waals surface area contributed by atoms with E-state index in [9.17, 15) is 9.90 Å². The fourth-order valence-electron chi connectivity index (χ4n) is 2.75. The normalized spacial score (nSPS) is 24.6. The summed E-state index contributed by atoms with van der Waals surface area (Å²) in [5.41, 5.74) is -0.653. The first kappa shape index (κ1) is 13.8. The zero-order chi connectivity index (χ0) is 13.2. The fraction of sp³-hybridized carbons (Fsp3) is 0.923. The molecule has 5 nitrogen and oxygen atoms in total. The van der Waals surface area contributed by atoms with Crippen LogP contribution in [-0.2, 0) is 9.53 Å². The van der Waals surface area contributed by atoms with Crippen LogP contribution < -0.4 is 0 Å². The van der Waals surface area contributed by atoms with Gasteiger partial charge in [-0.25, -0.2) is 0 Å². The van der Waals surface area contributed by atoms with Crippen LogP contribution in [0.5, 0.6) is 0 Å². The highest BCUT2D eigenvalue weighted by atomic mass is 16.5. The first-order chi connectivity index (χ1) is 8.57. The number of hydrogen-bond donors (Lipinski definition) is 1. The molecule has 0 unspecified atom stereocenters. The Hall–Kier alpha value is -0.650. The molecule has 1 amide bonds. The van der Waals surface area contributed by atoms with Crippen LogP contribution in [0.15, 0.2) is 0 Å². The molecule has 0 aromatic rings. The quantitative estimate of drug-likeness (QED) is 0.756. The molecule has 0 spiro atoms. The van der Waals surface area contributed by atoms with E-state index < -0.39 is 5.41 Å². The van der Waals surface area contributed by atoms with Gasteiger partial charge in [-0.05, 0) is 38.9 Å². The van der Waals surface area contributed by atoms with Crippen LogP contribution >= 0.6 is 0 Å². The zero-order valence-corrected chi connectivity index (χ0v) is 11.4. The van der Waals surface area contributed by atoms with E-state index >= 15 is 0 Å². The molecule has 2 fully saturated rings. The third-order valence-electron chi connectivity index (χ3n) is 4.23. The largest absolute Gasteiger partial charge is 0.395 e. The predicted molar refractivity (Wildman–Crippen MR) is 68.2 cm³/mol. The average molecular weight is 256 g/mol. The highest BCUT2D eigenvalue weighted by molar-refractivity contribution is 5.83. The number of carbonyl (C=O) groups is 1. The molecule has 2 aliphatic heterocycles. The molecule has 1 N–H and O–H groups in total. The summed E-state index contributed by atoms with van der Waals surface area (Å²) < 4.78 is 5.09. The first-order valence-electron chi connectivity index (χ1n) is 6.70. The van der Waals surface area contributed by atoms with Gasteiger partial charge in [0.25, 0.3) is 0 Å². The summed E-state index contributed by atoms with van der Waals surface area (Å²) in [7, 11) is 3.98. The molecule has 0 radical (unpaired) electrons. The Kier molecular flexibility index (Phi) is 4.25. The van der Waals surface area contributed by atoms with Crippen molar-refractivity contribution >= 4 is 5.91 Å². The molecular formula is C13H24N2O3. The van der Waals surface area contributed by atoms with Gasteiger partial charge in [0, 0.05) is 13.6 Å². The molecular weight excluding hydrogens is 232 g/mol. The van der Waals surface area contributed by atoms with Crippen molar-refractivity contribution in [1.82, 2.24) is 9.80 Å². The van der Waals surface area contributed by atoms with Gasteiger partial charge in [-0.15, -0.1) is 0 Å². The SMILES string of the molecule is CN1CCC(CN(C)C(=O)C2(CO)COC2)CC1. The molecule has 104 valence electrons. The number of hydrogen-bond acceptors (Lipinski definition) is 4. The van der Waals surface area contributed by atoms with Gasteiger partial charge in [0.1, 0.15) is 5.41 Å². The Morgan fingerprint density at radius 1 is 1.44 bits per heavy atom. The maximum Gasteiger partial charge on any atom is 0.235 e. The van der Waals surface area contributed by atoms with Gasteiger partial charge >= 0.3 is 0 Å². The second-order valence-electron chi connectivity index (χ2n) is 5.86. The van der Waals surface area contributed by atoms with Crippen molar-refractivity contribution in [3.8, 4) is 0 Å². The zero-order valence-electron chi connectivity index (χ0n) is 11.4. The number of likely N-dealkylation sites (tertiary alicyclic amines) is 1. The minimum atomic E-state index is -0.653. The predicted octanol–water partition coefficient (Wildman–Crippen LogP) is -0.204. The third-order valence-corrected chi connectivity index (χ3v) is 4.23. The maximum absolute atomic E-state index is 12.3. The summed E-state index contributed by atoms with van der Waals surface area (Å²) in [6.45, 7) is 3.64. The Morgan fingerprint density at radius 3 is 2.50 bits per heavy atom. The van der Waals surface area contributed by atoms with Crippen molar-refractivity contribution in [1.29, 1.82) is 0 Å². The number of ether oxygens (including phenoxy) is 1. The average Bonchev–Trinajstić information content (AvgIpc) is 2.31. The van der Waals surface area contributed by atoms with Gasteiger partial charge in [0.15, 0.2) is 0 Å². The van der Waals surface area contributed by atoms with Crippen LogP contribution in [0.4, 0.5) is 0 Å². The molecule has 18 heavy (non-hydrogen) atoms. The van der Waals surface area contributed by atoms with E-state index in [2.05, 4.69) is 11.9 Å². The smallest absolute Gasteiger partial charge is 0.235 e. The van der Waals surface area contributed by atoms with E-state index in [0.717, 1.165) is 32.5 Å². The molecule has 0 aromatic heterocycles. The van der Waals surface area contributed by atoms with Gasteiger partial charge in [0.2, 0.25) is 5.91 Å². The molecule has 2 aliphatic rings. The highest BCUT2D eigenvalue weighted by Gasteiger charge is 2.47. The number of carbonyl (C=O) groups excluding carboxylic acids is 1. The topological polar surface area (TPSA) is 53.0 Å². The van der Waals surface area contributed by atoms with Crippen molar-refractivity contribution in [2.75, 3.05) is 53.6 Å². The molecule has 2 heterocycles. The molecule has 0 atom stereocenters. The molecule has 0 bridgehead atoms. The minimum absolute atomic E-state index is 0.0372. The van der Waals surface area contributed by atoms with Crippen LogP contribution in [0.2, 0.25) is 0 Å². The molecule has 0 aliphatic carbocycles. The van der Waals surface area contributed by atoms with Crippen molar-refractivity contribution in [2.45, 2.75) is 12.8 Å². The van der Waals surface area contributed by atoms with Crippen molar-refractivity contribution in [3.05, 3.63) is 0 Å². The molecule has 0 saturated carbocycles. The van der Waals surface area contributed by atoms with E-state index in [1.165, 1.54) is 0 Å². The monoisotopic (exact) mass is 256 g/mol. The Bertz CT molecular complexity index is 291. The highest BCUT2D eigenvalue weighted by Crippen LogP contribution is 2.29. The number of piperidine rings is 1. The van der Waals surface area contributed by atoms with Gasteiger partial charge in [-0.3, -0.25) is 4.79 Å². The van der Waals surface area contributed by atoms with E-state index in [0.29, 0.717) is 19.1 Å². The number of nitrogens with zero attached hydrogens (tertiary/aromatic N) is 2. The lowest BCUT2D eigenvalue weighted by Crippen LogP contribution is -2.57. The van der Waals surface area contributed by atoms with Crippen molar-refractivity contribution in [3.63, 3.8) is 0 Å². The molecule has 0 aromatic carbocycles. The maximum atomic E-state index is 12.3. The summed E-state index contributed by atoms with van der Waals surface area (Å²) in [4.78, 5) is 16.4. The lowest BCUT2D eigenvalue weighted by molar-refractivity contribution is -0.179. The number of rotatable bonds is 4. The van der Waals surface area contributed by atoms with Gasteiger partial charge < -0.3 is 19.6 Å². The summed E-state index contributed by atoms with van der Waals surface area (Å²) in [6.07, 6.45) is 2.30. The minimum Gasteiger partial charge on any atom is -0.395 e. The van der Waals surface area contributed by atoms with Crippen LogP contribution in [0.25, 0.3) is 0 Å². The molecule has 2 rings (SSSR count). The Balaban J connectivity index is 1.84. The van der Waals surface area contributed by atoms with Gasteiger partial charge in [0.05, 0.1) is 19.8 Å². The number of amides is 1. The van der Waals surface area contributed by atoms with E-state index in [4.69, 9.17) is 4.74 Å². The third kappa shape index (κ3) is 2.68. The fourth-order valence-corrected chi connectivity index (χ4v) is 2.75. The second kappa shape index (κ2) is 5.55. The van der Waals surface area contributed by atoms with E-state index in [-0.39, 0.29) is 12.5 Å². The summed E-state index contributed by atoms with van der Waals surface area (Å²) in [6, 6.07) is 0. The van der Waals surface area contributed by atoms with Crippen molar-refractivity contribution < 1.29 is 14.6 Å². The summed E-state index contributed by atoms with van der Waals surface area (Å²) in [5, 5.41) is 9.36. The van der Waals surface area contributed by atoms with Crippen LogP contribution in [0, 0.1) is 11.3 Å². The van der Waals surface area contributed by atoms with Gasteiger partial charge in [-0.1, -0.05) is 0 Å².